The van der Waals surface area contributed by atoms with E-state index < -0.39 is 24.5 Å². The van der Waals surface area contributed by atoms with Crippen molar-refractivity contribution in [2.75, 3.05) is 13.2 Å². The average molecular weight is 449 g/mol. The van der Waals surface area contributed by atoms with Gasteiger partial charge in [-0.1, -0.05) is 48.5 Å². The smallest absolute Gasteiger partial charge is 0.407 e. The van der Waals surface area contributed by atoms with E-state index in [1.165, 1.54) is 0 Å². The number of carbonyl (C=O) groups excluding carboxylic acids is 2. The molecule has 7 heteroatoms. The Hall–Kier alpha value is -3.35. The summed E-state index contributed by atoms with van der Waals surface area (Å²) in [5.41, 5.74) is 4.44. The summed E-state index contributed by atoms with van der Waals surface area (Å²) in [4.78, 5) is 39.0. The lowest BCUT2D eigenvalue weighted by atomic mass is 9.79. The maximum atomic E-state index is 13.1. The first-order chi connectivity index (χ1) is 16.0. The fraction of sp³-hybridized carbons (Fsp3) is 0.423. The Labute approximate surface area is 192 Å². The highest BCUT2D eigenvalue weighted by Gasteiger charge is 2.40. The fourth-order valence-electron chi connectivity index (χ4n) is 5.69. The molecule has 1 saturated carbocycles. The number of rotatable bonds is 6. The maximum absolute atomic E-state index is 13.1. The summed E-state index contributed by atoms with van der Waals surface area (Å²) in [7, 11) is 0. The van der Waals surface area contributed by atoms with Crippen LogP contribution >= 0.6 is 0 Å². The van der Waals surface area contributed by atoms with Crippen LogP contribution in [0, 0.1) is 5.92 Å². The predicted octanol–water partition coefficient (Wildman–Crippen LogP) is 3.77. The van der Waals surface area contributed by atoms with E-state index in [2.05, 4.69) is 17.4 Å². The summed E-state index contributed by atoms with van der Waals surface area (Å²) < 4.78 is 5.54. The van der Waals surface area contributed by atoms with Crippen molar-refractivity contribution in [1.29, 1.82) is 0 Å². The number of ether oxygens (including phenoxy) is 1. The molecule has 1 atom stereocenters. The summed E-state index contributed by atoms with van der Waals surface area (Å²) in [5.74, 6) is -1.08. The van der Waals surface area contributed by atoms with Gasteiger partial charge in [-0.15, -0.1) is 0 Å². The number of piperidine rings is 2. The first-order valence-electron chi connectivity index (χ1n) is 11.6. The van der Waals surface area contributed by atoms with E-state index in [9.17, 15) is 19.5 Å². The van der Waals surface area contributed by atoms with Crippen molar-refractivity contribution >= 4 is 18.0 Å². The summed E-state index contributed by atoms with van der Waals surface area (Å²) in [5, 5.41) is 11.9. The van der Waals surface area contributed by atoms with E-state index in [1.807, 2.05) is 36.4 Å². The van der Waals surface area contributed by atoms with Crippen LogP contribution in [0.25, 0.3) is 11.1 Å². The summed E-state index contributed by atoms with van der Waals surface area (Å²) >= 11 is 0. The third-order valence-electron chi connectivity index (χ3n) is 7.31. The highest BCUT2D eigenvalue weighted by molar-refractivity contribution is 5.89. The minimum atomic E-state index is -1.13. The number of benzene rings is 2. The number of carbonyl (C=O) groups is 3. The van der Waals surface area contributed by atoms with E-state index in [-0.39, 0.29) is 24.5 Å². The minimum absolute atomic E-state index is 0.102. The number of nitrogens with zero attached hydrogens (tertiary/aromatic N) is 1. The molecule has 2 saturated heterocycles. The lowest BCUT2D eigenvalue weighted by Gasteiger charge is -2.46. The molecule has 1 unspecified atom stereocenters. The summed E-state index contributed by atoms with van der Waals surface area (Å²) in [6, 6.07) is 15.1. The van der Waals surface area contributed by atoms with Crippen molar-refractivity contribution in [3.63, 3.8) is 0 Å². The third kappa shape index (κ3) is 4.19. The van der Waals surface area contributed by atoms with E-state index >= 15 is 0 Å². The van der Waals surface area contributed by atoms with Gasteiger partial charge in [-0.25, -0.2) is 4.79 Å². The Morgan fingerprint density at radius 3 is 2.12 bits per heavy atom. The number of amides is 2. The van der Waals surface area contributed by atoms with Crippen LogP contribution in [0.15, 0.2) is 48.5 Å². The Kier molecular flexibility index (Phi) is 5.79. The molecule has 33 heavy (non-hydrogen) atoms. The number of carboxylic acids is 1. The molecule has 2 aromatic carbocycles. The van der Waals surface area contributed by atoms with Gasteiger partial charge in [0.1, 0.15) is 12.6 Å². The zero-order valence-corrected chi connectivity index (χ0v) is 18.4. The van der Waals surface area contributed by atoms with Crippen molar-refractivity contribution < 1.29 is 24.2 Å². The Balaban J connectivity index is 1.26. The molecule has 4 aliphatic rings. The van der Waals surface area contributed by atoms with Crippen LogP contribution in [0.1, 0.15) is 49.1 Å². The first-order valence-corrected chi connectivity index (χ1v) is 11.6. The van der Waals surface area contributed by atoms with Gasteiger partial charge in [0.05, 0.1) is 6.42 Å². The maximum Gasteiger partial charge on any atom is 0.407 e. The van der Waals surface area contributed by atoms with Gasteiger partial charge >= 0.3 is 12.1 Å². The van der Waals surface area contributed by atoms with Crippen LogP contribution in [-0.2, 0) is 14.3 Å². The van der Waals surface area contributed by atoms with Crippen molar-refractivity contribution in [3.8, 4) is 11.1 Å². The number of nitrogens with one attached hydrogen (secondary N) is 1. The molecule has 172 valence electrons. The Morgan fingerprint density at radius 2 is 1.58 bits per heavy atom. The van der Waals surface area contributed by atoms with Crippen molar-refractivity contribution in [3.05, 3.63) is 59.7 Å². The molecule has 2 aliphatic carbocycles. The second kappa shape index (κ2) is 8.89. The van der Waals surface area contributed by atoms with Gasteiger partial charge in [0.25, 0.3) is 0 Å². The second-order valence-corrected chi connectivity index (χ2v) is 9.29. The summed E-state index contributed by atoms with van der Waals surface area (Å²) in [6.45, 7) is 0.758. The number of carboxylic acid groups (broad SMARTS) is 1. The van der Waals surface area contributed by atoms with Crippen molar-refractivity contribution in [2.45, 2.75) is 50.1 Å². The van der Waals surface area contributed by atoms with Gasteiger partial charge in [-0.2, -0.15) is 0 Å². The van der Waals surface area contributed by atoms with Crippen molar-refractivity contribution in [1.82, 2.24) is 10.2 Å². The van der Waals surface area contributed by atoms with E-state index in [0.29, 0.717) is 12.5 Å². The SMILES string of the molecule is O=C(O)CC(NC(=O)OCC1c2ccccc2-c2ccccc21)C(=O)N1CC2CCC1CC2. The molecular weight excluding hydrogens is 420 g/mol. The zero-order valence-electron chi connectivity index (χ0n) is 18.4. The standard InChI is InChI=1S/C26H28N2O5/c29-24(30)13-23(25(31)28-14-16-9-11-17(28)12-10-16)27-26(32)33-15-22-20-7-3-1-5-18(20)19-6-2-4-8-21(19)22/h1-8,16-17,22-23H,9-15H2,(H,27,32)(H,29,30). The Bertz CT molecular complexity index is 1030. The largest absolute Gasteiger partial charge is 0.481 e. The minimum Gasteiger partial charge on any atom is -0.481 e. The summed E-state index contributed by atoms with van der Waals surface area (Å²) in [6.07, 6.45) is 2.88. The zero-order chi connectivity index (χ0) is 22.9. The lowest BCUT2D eigenvalue weighted by molar-refractivity contribution is -0.146. The van der Waals surface area contributed by atoms with Gasteiger partial charge in [0.15, 0.2) is 0 Å². The van der Waals surface area contributed by atoms with E-state index in [0.717, 1.165) is 47.9 Å². The number of hydrogen-bond donors (Lipinski definition) is 2. The van der Waals surface area contributed by atoms with Crippen LogP contribution < -0.4 is 5.32 Å². The predicted molar refractivity (Wildman–Crippen MR) is 122 cm³/mol. The normalized spacial score (nSPS) is 21.8. The molecule has 0 aromatic heterocycles. The number of fused-ring (bicyclic) bond motifs is 6. The first kappa shape index (κ1) is 21.5. The average Bonchev–Trinajstić information content (AvgIpc) is 3.16. The molecule has 2 aromatic rings. The third-order valence-corrected chi connectivity index (χ3v) is 7.31. The van der Waals surface area contributed by atoms with Crippen LogP contribution in [0.4, 0.5) is 4.79 Å². The quantitative estimate of drug-likeness (QED) is 0.701. The second-order valence-electron chi connectivity index (χ2n) is 9.29. The monoisotopic (exact) mass is 448 g/mol. The Morgan fingerprint density at radius 1 is 0.970 bits per heavy atom. The van der Waals surface area contributed by atoms with Gasteiger partial charge in [0.2, 0.25) is 5.91 Å². The molecular formula is C26H28N2O5. The molecule has 2 heterocycles. The molecule has 2 amide bonds. The molecule has 2 bridgehead atoms. The molecule has 3 fully saturated rings. The number of alkyl carbamates (subject to hydrolysis) is 1. The van der Waals surface area contributed by atoms with Gasteiger partial charge in [-0.05, 0) is 53.9 Å². The molecule has 2 N–H and O–H groups in total. The highest BCUT2D eigenvalue weighted by atomic mass is 16.5. The molecule has 0 radical (unpaired) electrons. The molecule has 6 rings (SSSR count). The van der Waals surface area contributed by atoms with Crippen LogP contribution in [0.3, 0.4) is 0 Å². The van der Waals surface area contributed by atoms with E-state index in [1.54, 1.807) is 4.90 Å². The number of hydrogen-bond acceptors (Lipinski definition) is 4. The van der Waals surface area contributed by atoms with E-state index in [4.69, 9.17) is 4.74 Å². The van der Waals surface area contributed by atoms with Crippen LogP contribution in [0.2, 0.25) is 0 Å². The molecule has 2 aliphatic heterocycles. The van der Waals surface area contributed by atoms with Gasteiger partial charge in [0, 0.05) is 18.5 Å². The van der Waals surface area contributed by atoms with Crippen molar-refractivity contribution in [2.24, 2.45) is 5.92 Å². The number of aliphatic carboxylic acids is 1. The molecule has 7 nitrogen and oxygen atoms in total. The fourth-order valence-corrected chi connectivity index (χ4v) is 5.69. The topological polar surface area (TPSA) is 95.9 Å². The van der Waals surface area contributed by atoms with Crippen LogP contribution in [-0.4, -0.2) is 53.2 Å². The van der Waals surface area contributed by atoms with Gasteiger partial charge in [-0.3, -0.25) is 9.59 Å². The lowest BCUT2D eigenvalue weighted by Crippen LogP contribution is -2.57. The molecule has 0 spiro atoms. The van der Waals surface area contributed by atoms with Gasteiger partial charge < -0.3 is 20.1 Å². The highest BCUT2D eigenvalue weighted by Crippen LogP contribution is 2.44. The van der Waals surface area contributed by atoms with Crippen LogP contribution in [0.5, 0.6) is 0 Å².